The quantitative estimate of drug-likeness (QED) is 0.186. The second-order valence-corrected chi connectivity index (χ2v) is 11.9. The first-order valence-electron chi connectivity index (χ1n) is 20.0. The van der Waals surface area contributed by atoms with Crippen molar-refractivity contribution in [3.63, 3.8) is 0 Å². The summed E-state index contributed by atoms with van der Waals surface area (Å²) in [4.78, 5) is 14.8. The SMILES string of the molecule is [2H]c1c([2H])c([2H])c2c(c1[2H])c1c([2H])c([2H])c([2H])c([2H])c1n2-c1cccc2c1oc1cc(-c3nc(-c4ccccc4)nc(-c4cccc(-c5ccccc5)c4)n3)ccc12. The number of fused-ring (bicyclic) bond motifs is 6. The summed E-state index contributed by atoms with van der Waals surface area (Å²) in [7, 11) is 0. The molecule has 5 heteroatoms. The molecule has 0 fully saturated rings. The lowest BCUT2D eigenvalue weighted by Gasteiger charge is -2.09. The molecule has 0 amide bonds. The highest BCUT2D eigenvalue weighted by Crippen LogP contribution is 2.39. The number of hydrogen-bond donors (Lipinski definition) is 0. The molecule has 0 aliphatic carbocycles. The van der Waals surface area contributed by atoms with Crippen LogP contribution in [0.4, 0.5) is 0 Å². The van der Waals surface area contributed by atoms with Crippen LogP contribution in [0, 0.1) is 0 Å². The molecule has 0 aliphatic heterocycles. The van der Waals surface area contributed by atoms with E-state index in [1.807, 2.05) is 91.0 Å². The van der Waals surface area contributed by atoms with Crippen LogP contribution in [0.25, 0.3) is 94.7 Å². The second-order valence-electron chi connectivity index (χ2n) is 11.9. The average Bonchev–Trinajstić information content (AvgIpc) is 3.83. The number of benzene rings is 7. The fourth-order valence-corrected chi connectivity index (χ4v) is 6.58. The Balaban J connectivity index is 1.19. The standard InChI is InChI=1S/C45H28N4O/c1-3-13-29(14-4-1)31-17-11-18-32(27-31)44-46-43(30-15-5-2-6-16-30)47-45(48-44)33-25-26-36-37-21-12-24-40(42(37)50-41(36)28-33)49-38-22-9-7-19-34(38)35-20-8-10-23-39(35)49/h1-28H/i7D,8D,9D,10D,19D,20D,22D,23D. The van der Waals surface area contributed by atoms with Gasteiger partial charge in [0.2, 0.25) is 0 Å². The van der Waals surface area contributed by atoms with Crippen molar-refractivity contribution >= 4 is 43.7 Å². The lowest BCUT2D eigenvalue weighted by Crippen LogP contribution is -2.00. The molecule has 0 spiro atoms. The molecule has 10 aromatic rings. The molecule has 0 saturated heterocycles. The highest BCUT2D eigenvalue weighted by atomic mass is 16.3. The third kappa shape index (κ3) is 4.60. The van der Waals surface area contributed by atoms with Crippen molar-refractivity contribution in [1.82, 2.24) is 19.5 Å². The Morgan fingerprint density at radius 3 is 1.70 bits per heavy atom. The van der Waals surface area contributed by atoms with Crippen LogP contribution in [0.15, 0.2) is 174 Å². The maximum atomic E-state index is 8.97. The van der Waals surface area contributed by atoms with Gasteiger partial charge in [0.1, 0.15) is 5.58 Å². The van der Waals surface area contributed by atoms with E-state index in [1.54, 1.807) is 12.1 Å². The first-order valence-corrected chi connectivity index (χ1v) is 16.0. The van der Waals surface area contributed by atoms with Crippen molar-refractivity contribution in [2.75, 3.05) is 0 Å². The van der Waals surface area contributed by atoms with Crippen molar-refractivity contribution in [2.45, 2.75) is 0 Å². The summed E-state index contributed by atoms with van der Waals surface area (Å²) in [5.41, 5.74) is 5.61. The molecule has 3 aromatic heterocycles. The van der Waals surface area contributed by atoms with E-state index in [4.69, 9.17) is 30.3 Å². The first-order chi connectivity index (χ1) is 28.1. The Hall–Kier alpha value is -6.85. The Morgan fingerprint density at radius 2 is 1.00 bits per heavy atom. The number of para-hydroxylation sites is 3. The number of hydrogen-bond acceptors (Lipinski definition) is 4. The van der Waals surface area contributed by atoms with Gasteiger partial charge >= 0.3 is 0 Å². The Labute approximate surface area is 299 Å². The molecule has 0 radical (unpaired) electrons. The minimum Gasteiger partial charge on any atom is -0.454 e. The van der Waals surface area contributed by atoms with Gasteiger partial charge in [-0.25, -0.2) is 15.0 Å². The van der Waals surface area contributed by atoms with Crippen molar-refractivity contribution in [3.05, 3.63) is 170 Å². The molecule has 50 heavy (non-hydrogen) atoms. The predicted molar refractivity (Wildman–Crippen MR) is 203 cm³/mol. The first kappa shape index (κ1) is 21.2. The molecule has 0 unspecified atom stereocenters. The Morgan fingerprint density at radius 1 is 0.440 bits per heavy atom. The molecule has 5 nitrogen and oxygen atoms in total. The summed E-state index contributed by atoms with van der Waals surface area (Å²) in [6.07, 6.45) is 0. The minimum absolute atomic E-state index is 0.00225. The van der Waals surface area contributed by atoms with Crippen LogP contribution in [-0.4, -0.2) is 19.5 Å². The van der Waals surface area contributed by atoms with Crippen LogP contribution in [0.5, 0.6) is 0 Å². The van der Waals surface area contributed by atoms with Gasteiger partial charge in [-0.1, -0.05) is 133 Å². The van der Waals surface area contributed by atoms with E-state index in [0.717, 1.165) is 27.6 Å². The molecule has 0 bridgehead atoms. The van der Waals surface area contributed by atoms with Crippen molar-refractivity contribution in [3.8, 4) is 51.0 Å². The molecule has 7 aromatic carbocycles. The van der Waals surface area contributed by atoms with Gasteiger partial charge in [-0.3, -0.25) is 0 Å². The Kier molecular flexibility index (Phi) is 4.83. The highest BCUT2D eigenvalue weighted by molar-refractivity contribution is 6.13. The van der Waals surface area contributed by atoms with Gasteiger partial charge in [0.15, 0.2) is 23.1 Å². The predicted octanol–water partition coefficient (Wildman–Crippen LogP) is 11.5. The van der Waals surface area contributed by atoms with Gasteiger partial charge < -0.3 is 8.98 Å². The van der Waals surface area contributed by atoms with E-state index in [1.165, 1.54) is 4.57 Å². The van der Waals surface area contributed by atoms with Crippen LogP contribution in [0.1, 0.15) is 11.0 Å². The lowest BCUT2D eigenvalue weighted by atomic mass is 10.0. The zero-order valence-corrected chi connectivity index (χ0v) is 26.2. The minimum atomic E-state index is -0.501. The molecule has 0 N–H and O–H groups in total. The average molecular weight is 649 g/mol. The van der Waals surface area contributed by atoms with Crippen molar-refractivity contribution in [2.24, 2.45) is 0 Å². The zero-order valence-electron chi connectivity index (χ0n) is 34.2. The maximum absolute atomic E-state index is 8.97. The van der Waals surface area contributed by atoms with E-state index in [9.17, 15) is 0 Å². The second kappa shape index (κ2) is 11.4. The van der Waals surface area contributed by atoms with E-state index >= 15 is 0 Å². The fraction of sp³-hybridized carbons (Fsp3) is 0. The van der Waals surface area contributed by atoms with Gasteiger partial charge in [0.25, 0.3) is 0 Å². The van der Waals surface area contributed by atoms with E-state index in [0.29, 0.717) is 45.3 Å². The molecule has 234 valence electrons. The molecule has 0 saturated carbocycles. The van der Waals surface area contributed by atoms with E-state index < -0.39 is 36.3 Å². The molecule has 0 aliphatic rings. The normalized spacial score (nSPS) is 13.8. The number of furan rings is 1. The third-order valence-corrected chi connectivity index (χ3v) is 8.91. The highest BCUT2D eigenvalue weighted by Gasteiger charge is 2.19. The van der Waals surface area contributed by atoms with Crippen LogP contribution < -0.4 is 0 Å². The van der Waals surface area contributed by atoms with Crippen LogP contribution in [0.3, 0.4) is 0 Å². The van der Waals surface area contributed by atoms with E-state index in [2.05, 4.69) is 18.2 Å². The molecule has 0 atom stereocenters. The lowest BCUT2D eigenvalue weighted by molar-refractivity contribution is 0.666. The van der Waals surface area contributed by atoms with E-state index in [-0.39, 0.29) is 33.9 Å². The van der Waals surface area contributed by atoms with Crippen LogP contribution in [0.2, 0.25) is 0 Å². The number of nitrogens with zero attached hydrogens (tertiary/aromatic N) is 4. The summed E-state index contributed by atoms with van der Waals surface area (Å²) in [5.74, 6) is 1.42. The maximum Gasteiger partial charge on any atom is 0.164 e. The number of aromatic nitrogens is 4. The largest absolute Gasteiger partial charge is 0.454 e. The monoisotopic (exact) mass is 648 g/mol. The summed E-state index contributed by atoms with van der Waals surface area (Å²) in [5, 5.41) is 1.43. The smallest absolute Gasteiger partial charge is 0.164 e. The molecular weight excluding hydrogens is 613 g/mol. The third-order valence-electron chi connectivity index (χ3n) is 8.91. The fourth-order valence-electron chi connectivity index (χ4n) is 6.58. The molecular formula is C45H28N4O. The van der Waals surface area contributed by atoms with Gasteiger partial charge in [-0.15, -0.1) is 0 Å². The summed E-state index contributed by atoms with van der Waals surface area (Å²) < 4.78 is 77.6. The Bertz CT molecular complexity index is 3250. The van der Waals surface area contributed by atoms with Crippen molar-refractivity contribution < 1.29 is 15.4 Å². The van der Waals surface area contributed by atoms with Crippen LogP contribution in [-0.2, 0) is 0 Å². The summed E-state index contributed by atoms with van der Waals surface area (Å²) in [6.45, 7) is 0. The molecule has 3 heterocycles. The van der Waals surface area contributed by atoms with Crippen molar-refractivity contribution in [1.29, 1.82) is 0 Å². The van der Waals surface area contributed by atoms with Gasteiger partial charge in [-0.2, -0.15) is 0 Å². The van der Waals surface area contributed by atoms with Gasteiger partial charge in [-0.05, 0) is 47.5 Å². The van der Waals surface area contributed by atoms with Gasteiger partial charge in [0, 0.05) is 38.2 Å². The summed E-state index contributed by atoms with van der Waals surface area (Å²) in [6, 6.07) is 35.3. The van der Waals surface area contributed by atoms with Gasteiger partial charge in [0.05, 0.1) is 27.7 Å². The van der Waals surface area contributed by atoms with Crippen LogP contribution >= 0.6 is 0 Å². The zero-order chi connectivity index (χ0) is 40.0. The number of rotatable bonds is 5. The topological polar surface area (TPSA) is 56.7 Å². The molecule has 10 rings (SSSR count). The summed E-state index contributed by atoms with van der Waals surface area (Å²) >= 11 is 0.